The predicted molar refractivity (Wildman–Crippen MR) is 67.3 cm³/mol. The van der Waals surface area contributed by atoms with Gasteiger partial charge in [-0.15, -0.1) is 0 Å². The van der Waals surface area contributed by atoms with E-state index >= 15 is 0 Å². The van der Waals surface area contributed by atoms with Crippen molar-refractivity contribution in [3.05, 3.63) is 34.3 Å². The number of unbranched alkanes of at least 4 members (excludes halogenated alkanes) is 2. The van der Waals surface area contributed by atoms with Crippen molar-refractivity contribution in [3.63, 3.8) is 0 Å². The predicted octanol–water partition coefficient (Wildman–Crippen LogP) is 4.23. The molecule has 0 aliphatic rings. The normalized spacial score (nSPS) is 12.8. The Labute approximate surface area is 97.6 Å². The molecule has 1 aromatic rings. The molecule has 0 fully saturated rings. The lowest BCUT2D eigenvalue weighted by Crippen LogP contribution is -2.11. The molecule has 0 aromatic heterocycles. The number of hydrogen-bond donors (Lipinski definition) is 1. The van der Waals surface area contributed by atoms with Gasteiger partial charge in [-0.25, -0.2) is 0 Å². The van der Waals surface area contributed by atoms with Crippen molar-refractivity contribution < 1.29 is 0 Å². The van der Waals surface area contributed by atoms with E-state index in [1.54, 1.807) is 0 Å². The minimum Gasteiger partial charge on any atom is -0.324 e. The fourth-order valence-corrected chi connectivity index (χ4v) is 1.98. The van der Waals surface area contributed by atoms with Crippen molar-refractivity contribution in [2.45, 2.75) is 45.6 Å². The van der Waals surface area contributed by atoms with E-state index in [9.17, 15) is 0 Å². The van der Waals surface area contributed by atoms with Gasteiger partial charge >= 0.3 is 0 Å². The summed E-state index contributed by atoms with van der Waals surface area (Å²) in [5.74, 6) is 0. The summed E-state index contributed by atoms with van der Waals surface area (Å²) in [6.45, 7) is 4.24. The highest BCUT2D eigenvalue weighted by atomic mass is 35.5. The first-order valence-corrected chi connectivity index (χ1v) is 6.05. The van der Waals surface area contributed by atoms with E-state index in [2.05, 4.69) is 13.0 Å². The van der Waals surface area contributed by atoms with Gasteiger partial charge in [0, 0.05) is 11.1 Å². The number of halogens is 1. The van der Waals surface area contributed by atoms with Gasteiger partial charge in [0.15, 0.2) is 0 Å². The number of rotatable bonds is 5. The fraction of sp³-hybridized carbons (Fsp3) is 0.538. The molecule has 15 heavy (non-hydrogen) atoms. The lowest BCUT2D eigenvalue weighted by atomic mass is 9.97. The highest BCUT2D eigenvalue weighted by Gasteiger charge is 2.09. The second-order valence-corrected chi connectivity index (χ2v) is 4.46. The van der Waals surface area contributed by atoms with Crippen LogP contribution in [0.1, 0.15) is 49.8 Å². The minimum atomic E-state index is 0.134. The highest BCUT2D eigenvalue weighted by Crippen LogP contribution is 2.25. The summed E-state index contributed by atoms with van der Waals surface area (Å²) < 4.78 is 0. The van der Waals surface area contributed by atoms with Crippen molar-refractivity contribution in [2.75, 3.05) is 0 Å². The number of hydrogen-bond acceptors (Lipinski definition) is 1. The number of nitrogens with two attached hydrogens (primary N) is 1. The quantitative estimate of drug-likeness (QED) is 0.746. The van der Waals surface area contributed by atoms with E-state index in [0.29, 0.717) is 0 Å². The van der Waals surface area contributed by atoms with E-state index in [4.69, 9.17) is 17.3 Å². The maximum Gasteiger partial charge on any atom is 0.0438 e. The van der Waals surface area contributed by atoms with Gasteiger partial charge in [0.25, 0.3) is 0 Å². The molecule has 0 spiro atoms. The summed E-state index contributed by atoms with van der Waals surface area (Å²) in [7, 11) is 0. The molecule has 1 atom stereocenters. The Morgan fingerprint density at radius 3 is 2.73 bits per heavy atom. The topological polar surface area (TPSA) is 26.0 Å². The summed E-state index contributed by atoms with van der Waals surface area (Å²) in [4.78, 5) is 0. The fourth-order valence-electron chi connectivity index (χ4n) is 1.80. The van der Waals surface area contributed by atoms with E-state index in [0.717, 1.165) is 17.0 Å². The molecule has 0 saturated carbocycles. The van der Waals surface area contributed by atoms with E-state index < -0.39 is 0 Å². The second-order valence-electron chi connectivity index (χ2n) is 4.06. The van der Waals surface area contributed by atoms with Crippen LogP contribution in [0.4, 0.5) is 0 Å². The second kappa shape index (κ2) is 6.14. The van der Waals surface area contributed by atoms with Gasteiger partial charge in [-0.2, -0.15) is 0 Å². The van der Waals surface area contributed by atoms with Gasteiger partial charge < -0.3 is 5.73 Å². The van der Waals surface area contributed by atoms with Crippen molar-refractivity contribution in [1.29, 1.82) is 0 Å². The Bertz CT molecular complexity index is 309. The van der Waals surface area contributed by atoms with E-state index in [-0.39, 0.29) is 6.04 Å². The van der Waals surface area contributed by atoms with Gasteiger partial charge in [-0.3, -0.25) is 0 Å². The SMILES string of the molecule is CCCCCC(N)c1cccc(Cl)c1C. The summed E-state index contributed by atoms with van der Waals surface area (Å²) >= 11 is 6.06. The van der Waals surface area contributed by atoms with Crippen LogP contribution < -0.4 is 5.73 Å². The third kappa shape index (κ3) is 3.51. The molecule has 0 aliphatic carbocycles. The molecule has 1 rings (SSSR count). The maximum atomic E-state index is 6.15. The highest BCUT2D eigenvalue weighted by molar-refractivity contribution is 6.31. The average molecular weight is 226 g/mol. The lowest BCUT2D eigenvalue weighted by Gasteiger charge is -2.15. The van der Waals surface area contributed by atoms with Crippen molar-refractivity contribution in [3.8, 4) is 0 Å². The van der Waals surface area contributed by atoms with Gasteiger partial charge in [0.1, 0.15) is 0 Å². The Balaban J connectivity index is 2.65. The maximum absolute atomic E-state index is 6.15. The summed E-state index contributed by atoms with van der Waals surface area (Å²) in [6, 6.07) is 6.11. The largest absolute Gasteiger partial charge is 0.324 e. The molecule has 0 radical (unpaired) electrons. The summed E-state index contributed by atoms with van der Waals surface area (Å²) in [5, 5.41) is 0.818. The zero-order valence-corrected chi connectivity index (χ0v) is 10.3. The standard InChI is InChI=1S/C13H20ClN/c1-3-4-5-9-13(15)11-7-6-8-12(14)10(11)2/h6-8,13H,3-5,9,15H2,1-2H3. The Hall–Kier alpha value is -0.530. The molecule has 1 aromatic carbocycles. The zero-order valence-electron chi connectivity index (χ0n) is 9.59. The molecule has 1 unspecified atom stereocenters. The molecule has 0 saturated heterocycles. The molecular formula is C13H20ClN. The molecule has 0 aliphatic heterocycles. The third-order valence-electron chi connectivity index (χ3n) is 2.83. The van der Waals surface area contributed by atoms with Crippen LogP contribution in [-0.4, -0.2) is 0 Å². The Morgan fingerprint density at radius 1 is 1.33 bits per heavy atom. The first-order chi connectivity index (χ1) is 7.16. The molecule has 0 amide bonds. The van der Waals surface area contributed by atoms with Gasteiger partial charge in [-0.1, -0.05) is 49.9 Å². The lowest BCUT2D eigenvalue weighted by molar-refractivity contribution is 0.579. The van der Waals surface area contributed by atoms with Gasteiger partial charge in [0.05, 0.1) is 0 Å². The third-order valence-corrected chi connectivity index (χ3v) is 3.24. The minimum absolute atomic E-state index is 0.134. The Morgan fingerprint density at radius 2 is 2.07 bits per heavy atom. The van der Waals surface area contributed by atoms with Crippen LogP contribution >= 0.6 is 11.6 Å². The average Bonchev–Trinajstić information content (AvgIpc) is 2.22. The van der Waals surface area contributed by atoms with Crippen molar-refractivity contribution in [1.82, 2.24) is 0 Å². The van der Waals surface area contributed by atoms with Crippen LogP contribution in [0.2, 0.25) is 5.02 Å². The van der Waals surface area contributed by atoms with Crippen LogP contribution in [0.15, 0.2) is 18.2 Å². The van der Waals surface area contributed by atoms with Crippen LogP contribution in [-0.2, 0) is 0 Å². The summed E-state index contributed by atoms with van der Waals surface area (Å²) in [6.07, 6.45) is 4.74. The molecule has 84 valence electrons. The van der Waals surface area contributed by atoms with Gasteiger partial charge in [-0.05, 0) is 30.5 Å². The first kappa shape index (κ1) is 12.5. The molecule has 0 heterocycles. The smallest absolute Gasteiger partial charge is 0.0438 e. The van der Waals surface area contributed by atoms with Crippen LogP contribution in [0.3, 0.4) is 0 Å². The van der Waals surface area contributed by atoms with Crippen molar-refractivity contribution in [2.24, 2.45) is 5.73 Å². The van der Waals surface area contributed by atoms with Crippen LogP contribution in [0, 0.1) is 6.92 Å². The monoisotopic (exact) mass is 225 g/mol. The molecule has 1 nitrogen and oxygen atoms in total. The molecular weight excluding hydrogens is 206 g/mol. The molecule has 2 heteroatoms. The zero-order chi connectivity index (χ0) is 11.3. The van der Waals surface area contributed by atoms with Crippen LogP contribution in [0.5, 0.6) is 0 Å². The first-order valence-electron chi connectivity index (χ1n) is 5.67. The van der Waals surface area contributed by atoms with Crippen molar-refractivity contribution >= 4 is 11.6 Å². The van der Waals surface area contributed by atoms with Crippen LogP contribution in [0.25, 0.3) is 0 Å². The molecule has 2 N–H and O–H groups in total. The molecule has 0 bridgehead atoms. The number of benzene rings is 1. The summed E-state index contributed by atoms with van der Waals surface area (Å²) in [5.41, 5.74) is 8.47. The Kier molecular flexibility index (Phi) is 5.13. The van der Waals surface area contributed by atoms with E-state index in [1.807, 2.05) is 19.1 Å². The van der Waals surface area contributed by atoms with Gasteiger partial charge in [0.2, 0.25) is 0 Å². The van der Waals surface area contributed by atoms with E-state index in [1.165, 1.54) is 24.8 Å².